The predicted molar refractivity (Wildman–Crippen MR) is 86.9 cm³/mol. The Bertz CT molecular complexity index is 485. The summed E-state index contributed by atoms with van der Waals surface area (Å²) in [6.45, 7) is 3.74. The number of rotatable bonds is 3. The number of nitrogens with one attached hydrogen (secondary N) is 1. The molecule has 0 radical (unpaired) electrons. The molecular formula is C14H18Br2N2O2. The summed E-state index contributed by atoms with van der Waals surface area (Å²) in [6, 6.07) is 3.93. The molecular weight excluding hydrogens is 388 g/mol. The fourth-order valence-electron chi connectivity index (χ4n) is 2.38. The van der Waals surface area contributed by atoms with Crippen LogP contribution < -0.4 is 5.32 Å². The van der Waals surface area contributed by atoms with Crippen LogP contribution in [0.1, 0.15) is 18.4 Å². The number of likely N-dealkylation sites (tertiary alicyclic amines) is 1. The van der Waals surface area contributed by atoms with E-state index in [1.54, 1.807) is 0 Å². The largest absolute Gasteiger partial charge is 0.392 e. The van der Waals surface area contributed by atoms with Crippen molar-refractivity contribution in [2.45, 2.75) is 25.9 Å². The Morgan fingerprint density at radius 3 is 2.70 bits per heavy atom. The monoisotopic (exact) mass is 404 g/mol. The zero-order valence-corrected chi connectivity index (χ0v) is 14.5. The number of amides is 1. The van der Waals surface area contributed by atoms with E-state index < -0.39 is 0 Å². The molecule has 0 spiro atoms. The fourth-order valence-corrected chi connectivity index (χ4v) is 3.99. The number of aryl methyl sites for hydroxylation is 1. The number of β-amino-alcohol motifs (C(OH)–C–C–N with tert-alkyl or cyclic N) is 1. The zero-order chi connectivity index (χ0) is 14.7. The van der Waals surface area contributed by atoms with Crippen molar-refractivity contribution in [2.75, 3.05) is 25.0 Å². The first-order valence-corrected chi connectivity index (χ1v) is 8.20. The number of piperidine rings is 1. The van der Waals surface area contributed by atoms with E-state index in [2.05, 4.69) is 37.2 Å². The Morgan fingerprint density at radius 2 is 2.10 bits per heavy atom. The van der Waals surface area contributed by atoms with Gasteiger partial charge in [-0.3, -0.25) is 9.69 Å². The van der Waals surface area contributed by atoms with Gasteiger partial charge in [-0.2, -0.15) is 0 Å². The van der Waals surface area contributed by atoms with Crippen LogP contribution in [-0.2, 0) is 4.79 Å². The molecule has 110 valence electrons. The van der Waals surface area contributed by atoms with Crippen molar-refractivity contribution in [1.82, 2.24) is 4.90 Å². The van der Waals surface area contributed by atoms with Crippen LogP contribution in [0.3, 0.4) is 0 Å². The first-order valence-electron chi connectivity index (χ1n) is 6.61. The maximum Gasteiger partial charge on any atom is 0.238 e. The molecule has 1 amide bonds. The van der Waals surface area contributed by atoms with Gasteiger partial charge in [-0.1, -0.05) is 0 Å². The van der Waals surface area contributed by atoms with Crippen molar-refractivity contribution in [3.63, 3.8) is 0 Å². The average Bonchev–Trinajstić information content (AvgIpc) is 2.33. The van der Waals surface area contributed by atoms with Gasteiger partial charge in [0.1, 0.15) is 0 Å². The van der Waals surface area contributed by atoms with E-state index in [1.807, 2.05) is 24.0 Å². The minimum atomic E-state index is -0.311. The van der Waals surface area contributed by atoms with Crippen molar-refractivity contribution in [1.29, 1.82) is 0 Å². The molecule has 1 aromatic rings. The average molecular weight is 406 g/mol. The van der Waals surface area contributed by atoms with E-state index in [-0.39, 0.29) is 12.0 Å². The number of benzene rings is 1. The lowest BCUT2D eigenvalue weighted by Crippen LogP contribution is -2.42. The van der Waals surface area contributed by atoms with Crippen LogP contribution >= 0.6 is 31.9 Å². The zero-order valence-electron chi connectivity index (χ0n) is 11.3. The molecule has 2 N–H and O–H groups in total. The molecule has 0 aliphatic carbocycles. The summed E-state index contributed by atoms with van der Waals surface area (Å²) in [4.78, 5) is 14.1. The summed E-state index contributed by atoms with van der Waals surface area (Å²) < 4.78 is 1.72. The molecule has 20 heavy (non-hydrogen) atoms. The van der Waals surface area contributed by atoms with Gasteiger partial charge in [0.15, 0.2) is 0 Å². The van der Waals surface area contributed by atoms with Gasteiger partial charge in [-0.05, 0) is 75.9 Å². The van der Waals surface area contributed by atoms with Crippen LogP contribution in [0.25, 0.3) is 0 Å². The highest BCUT2D eigenvalue weighted by Gasteiger charge is 2.20. The Labute approximate surface area is 135 Å². The van der Waals surface area contributed by atoms with Crippen LogP contribution in [-0.4, -0.2) is 41.7 Å². The first kappa shape index (κ1) is 15.9. The Balaban J connectivity index is 1.98. The molecule has 1 saturated heterocycles. The summed E-state index contributed by atoms with van der Waals surface area (Å²) in [7, 11) is 0. The topological polar surface area (TPSA) is 52.6 Å². The summed E-state index contributed by atoms with van der Waals surface area (Å²) >= 11 is 6.93. The van der Waals surface area contributed by atoms with Crippen molar-refractivity contribution >= 4 is 43.5 Å². The summed E-state index contributed by atoms with van der Waals surface area (Å²) in [6.07, 6.45) is 1.45. The molecule has 0 aromatic heterocycles. The third-order valence-electron chi connectivity index (χ3n) is 3.30. The van der Waals surface area contributed by atoms with Gasteiger partial charge < -0.3 is 10.4 Å². The summed E-state index contributed by atoms with van der Waals surface area (Å²) in [5, 5.41) is 12.5. The molecule has 1 aliphatic heterocycles. The predicted octanol–water partition coefficient (Wildman–Crippen LogP) is 2.92. The normalized spacial score (nSPS) is 19.9. The lowest BCUT2D eigenvalue weighted by atomic mass is 10.1. The van der Waals surface area contributed by atoms with Gasteiger partial charge >= 0.3 is 0 Å². The summed E-state index contributed by atoms with van der Waals surface area (Å²) in [5.41, 5.74) is 1.86. The number of hydrogen-bond donors (Lipinski definition) is 2. The number of aliphatic hydroxyl groups is 1. The standard InChI is InChI=1S/C14H18Br2N2O2/c1-9-5-11(15)14(12(16)6-9)17-13(20)8-18-4-2-3-10(19)7-18/h5-6,10,19H,2-4,7-8H2,1H3,(H,17,20)/t10-/m0/s1. The summed E-state index contributed by atoms with van der Waals surface area (Å²) in [5.74, 6) is -0.0654. The van der Waals surface area contributed by atoms with Crippen LogP contribution in [0.15, 0.2) is 21.1 Å². The van der Waals surface area contributed by atoms with Crippen LogP contribution in [0.2, 0.25) is 0 Å². The fraction of sp³-hybridized carbons (Fsp3) is 0.500. The maximum atomic E-state index is 12.1. The molecule has 1 aliphatic rings. The maximum absolute atomic E-state index is 12.1. The molecule has 1 fully saturated rings. The molecule has 1 heterocycles. The highest BCUT2D eigenvalue weighted by atomic mass is 79.9. The third kappa shape index (κ3) is 4.28. The van der Waals surface area contributed by atoms with Crippen LogP contribution in [0.5, 0.6) is 0 Å². The van der Waals surface area contributed by atoms with Crippen molar-refractivity contribution in [2.24, 2.45) is 0 Å². The Morgan fingerprint density at radius 1 is 1.45 bits per heavy atom. The van der Waals surface area contributed by atoms with E-state index in [9.17, 15) is 9.90 Å². The van der Waals surface area contributed by atoms with E-state index in [0.717, 1.165) is 39.6 Å². The van der Waals surface area contributed by atoms with Gasteiger partial charge in [0.2, 0.25) is 5.91 Å². The Kier molecular flexibility index (Phi) is 5.60. The number of hydrogen-bond acceptors (Lipinski definition) is 3. The second-order valence-corrected chi connectivity index (χ2v) is 6.89. The van der Waals surface area contributed by atoms with E-state index in [0.29, 0.717) is 13.1 Å². The van der Waals surface area contributed by atoms with Crippen LogP contribution in [0.4, 0.5) is 5.69 Å². The van der Waals surface area contributed by atoms with E-state index in [4.69, 9.17) is 0 Å². The van der Waals surface area contributed by atoms with Crippen molar-refractivity contribution in [3.8, 4) is 0 Å². The number of carbonyl (C=O) groups is 1. The van der Waals surface area contributed by atoms with Gasteiger partial charge in [-0.25, -0.2) is 0 Å². The van der Waals surface area contributed by atoms with Gasteiger partial charge in [0.05, 0.1) is 18.3 Å². The molecule has 1 atom stereocenters. The lowest BCUT2D eigenvalue weighted by molar-refractivity contribution is -0.118. The number of aliphatic hydroxyl groups excluding tert-OH is 1. The minimum absolute atomic E-state index is 0.0654. The van der Waals surface area contributed by atoms with E-state index in [1.165, 1.54) is 0 Å². The quantitative estimate of drug-likeness (QED) is 0.812. The molecule has 1 aromatic carbocycles. The first-order chi connectivity index (χ1) is 9.45. The second kappa shape index (κ2) is 7.02. The molecule has 2 rings (SSSR count). The highest BCUT2D eigenvalue weighted by Crippen LogP contribution is 2.32. The number of halogens is 2. The number of carbonyl (C=O) groups excluding carboxylic acids is 1. The second-order valence-electron chi connectivity index (χ2n) is 5.18. The lowest BCUT2D eigenvalue weighted by Gasteiger charge is -2.29. The number of anilines is 1. The van der Waals surface area contributed by atoms with E-state index >= 15 is 0 Å². The molecule has 0 bridgehead atoms. The molecule has 0 unspecified atom stereocenters. The molecule has 0 saturated carbocycles. The SMILES string of the molecule is Cc1cc(Br)c(NC(=O)CN2CCC[C@H](O)C2)c(Br)c1. The van der Waals surface area contributed by atoms with Gasteiger partial charge in [-0.15, -0.1) is 0 Å². The van der Waals surface area contributed by atoms with Crippen molar-refractivity contribution < 1.29 is 9.90 Å². The minimum Gasteiger partial charge on any atom is -0.392 e. The number of nitrogens with zero attached hydrogens (tertiary/aromatic N) is 1. The van der Waals surface area contributed by atoms with Gasteiger partial charge in [0, 0.05) is 15.5 Å². The third-order valence-corrected chi connectivity index (χ3v) is 4.55. The van der Waals surface area contributed by atoms with Crippen LogP contribution in [0, 0.1) is 6.92 Å². The van der Waals surface area contributed by atoms with Crippen molar-refractivity contribution in [3.05, 3.63) is 26.6 Å². The smallest absolute Gasteiger partial charge is 0.238 e. The Hall–Kier alpha value is -0.430. The van der Waals surface area contributed by atoms with Gasteiger partial charge in [0.25, 0.3) is 0 Å². The molecule has 4 nitrogen and oxygen atoms in total. The highest BCUT2D eigenvalue weighted by molar-refractivity contribution is 9.11. The molecule has 6 heteroatoms.